The number of epoxide rings is 1. The maximum absolute atomic E-state index is 13.4. The molecule has 2 N–H and O–H groups in total. The predicted molar refractivity (Wildman–Crippen MR) is 202 cm³/mol. The molecule has 4 rings (SSSR count). The Bertz CT molecular complexity index is 1530. The van der Waals surface area contributed by atoms with E-state index in [0.717, 1.165) is 16.7 Å². The van der Waals surface area contributed by atoms with Crippen LogP contribution >= 0.6 is 11.6 Å². The van der Waals surface area contributed by atoms with Gasteiger partial charge in [0.1, 0.15) is 17.6 Å². The number of amides is 3. The number of carbonyl (C=O) groups is 5. The summed E-state index contributed by atoms with van der Waals surface area (Å²) in [7, 11) is 3.38. The maximum atomic E-state index is 13.4. The zero-order valence-electron chi connectivity index (χ0n) is 32.5. The second-order valence-corrected chi connectivity index (χ2v) is 15.1. The lowest BCUT2D eigenvalue weighted by molar-refractivity contribution is -0.135. The third-order valence-corrected chi connectivity index (χ3v) is 10.7. The number of aryl methyl sites for hydroxylation is 1. The van der Waals surface area contributed by atoms with Crippen LogP contribution in [-0.4, -0.2) is 83.2 Å². The van der Waals surface area contributed by atoms with Crippen molar-refractivity contribution in [1.29, 1.82) is 0 Å². The Kier molecular flexibility index (Phi) is 15.2. The lowest BCUT2D eigenvalue weighted by atomic mass is 9.80. The van der Waals surface area contributed by atoms with Crippen molar-refractivity contribution in [2.24, 2.45) is 17.8 Å². The van der Waals surface area contributed by atoms with Crippen molar-refractivity contribution >= 4 is 46.8 Å². The summed E-state index contributed by atoms with van der Waals surface area (Å²) in [4.78, 5) is 59.7. The van der Waals surface area contributed by atoms with Gasteiger partial charge in [-0.3, -0.25) is 19.7 Å². The minimum absolute atomic E-state index is 0. The van der Waals surface area contributed by atoms with Crippen LogP contribution in [0.4, 0.5) is 10.5 Å². The van der Waals surface area contributed by atoms with Crippen molar-refractivity contribution in [3.8, 4) is 0 Å². The summed E-state index contributed by atoms with van der Waals surface area (Å²) in [5.74, 6) is -0.531. The van der Waals surface area contributed by atoms with Crippen molar-refractivity contribution in [3.05, 3.63) is 52.1 Å². The highest BCUT2D eigenvalue weighted by Crippen LogP contribution is 2.50. The molecule has 0 aliphatic carbocycles. The summed E-state index contributed by atoms with van der Waals surface area (Å²) >= 11 is 6.65. The molecule has 1 aromatic carbocycles. The normalized spacial score (nSPS) is 31.3. The minimum Gasteiger partial charge on any atom is -0.446 e. The Morgan fingerprint density at radius 2 is 1.71 bits per heavy atom. The first kappa shape index (κ1) is 43.6. The number of nitrogens with one attached hydrogen (secondary N) is 1. The summed E-state index contributed by atoms with van der Waals surface area (Å²) in [5.41, 5.74) is 1.81. The number of hydrogen-bond acceptors (Lipinski definition) is 8. The zero-order chi connectivity index (χ0) is 39.2. The van der Waals surface area contributed by atoms with Crippen molar-refractivity contribution in [2.45, 2.75) is 125 Å². The number of rotatable bonds is 2. The number of halogens is 1. The number of ether oxygens (including phenoxy) is 2. The Morgan fingerprint density at radius 1 is 1.12 bits per heavy atom. The summed E-state index contributed by atoms with van der Waals surface area (Å²) in [6.07, 6.45) is 5.66. The van der Waals surface area contributed by atoms with E-state index in [-0.39, 0.29) is 67.5 Å². The van der Waals surface area contributed by atoms with Gasteiger partial charge in [0.25, 0.3) is 0 Å². The van der Waals surface area contributed by atoms with Crippen LogP contribution in [0, 0.1) is 24.7 Å². The molecule has 3 aliphatic rings. The number of Topliss-reactive ketones (excluding diaryl/α,β-unsaturated/α-hetero) is 2. The smallest absolute Gasteiger partial charge is 0.409 e. The van der Waals surface area contributed by atoms with Gasteiger partial charge < -0.3 is 29.2 Å². The molecule has 51 heavy (non-hydrogen) atoms. The first-order chi connectivity index (χ1) is 23.4. The predicted octanol–water partition coefficient (Wildman–Crippen LogP) is 6.60. The van der Waals surface area contributed by atoms with Gasteiger partial charge in [0.15, 0.2) is 5.78 Å². The fourth-order valence-electron chi connectivity index (χ4n) is 6.17. The summed E-state index contributed by atoms with van der Waals surface area (Å²) < 4.78 is 11.8. The highest BCUT2D eigenvalue weighted by atomic mass is 35.5. The second kappa shape index (κ2) is 17.8. The van der Waals surface area contributed by atoms with Gasteiger partial charge in [0.2, 0.25) is 11.8 Å². The van der Waals surface area contributed by atoms with E-state index in [0.29, 0.717) is 17.1 Å². The number of fused-ring (bicyclic) bond motifs is 5. The number of nitrogens with zero attached hydrogens (tertiary/aromatic N) is 2. The number of benzene rings is 1. The molecular formula is C39H60ClN3O8. The third kappa shape index (κ3) is 11.5. The lowest BCUT2D eigenvalue weighted by Gasteiger charge is -2.41. The van der Waals surface area contributed by atoms with Crippen LogP contribution in [0.15, 0.2) is 35.9 Å². The summed E-state index contributed by atoms with van der Waals surface area (Å²) in [6.45, 7) is 19.5. The minimum atomic E-state index is -1.44. The SMILES string of the molecule is C/C1=C/C=C/[C@@H](C)[C@]2(O)C[C@H](OC(=O)N2)[C@@H](C)[C@@H]2O[C@]2(C)[C@@H](C)CC(=O)N(C)c2cc(cc(C)c2Cl)C1.CC(=O)[C@@H](C)N(C)C(C)=O.CC(C)=O.[HH]. The molecule has 1 aromatic rings. The number of alkyl carbamates (subject to hydrolysis) is 1. The van der Waals surface area contributed by atoms with Gasteiger partial charge >= 0.3 is 6.09 Å². The molecule has 0 radical (unpaired) electrons. The highest BCUT2D eigenvalue weighted by Gasteiger charge is 2.61. The molecule has 2 fully saturated rings. The van der Waals surface area contributed by atoms with E-state index in [9.17, 15) is 29.1 Å². The molecule has 0 saturated carbocycles. The van der Waals surface area contributed by atoms with Crippen LogP contribution < -0.4 is 10.2 Å². The van der Waals surface area contributed by atoms with Crippen molar-refractivity contribution < 1.29 is 40.0 Å². The van der Waals surface area contributed by atoms with Gasteiger partial charge in [-0.25, -0.2) is 4.79 Å². The molecule has 0 aromatic heterocycles. The largest absolute Gasteiger partial charge is 0.446 e. The maximum Gasteiger partial charge on any atom is 0.409 e. The Labute approximate surface area is 310 Å². The number of hydrogen-bond donors (Lipinski definition) is 2. The van der Waals surface area contributed by atoms with Crippen LogP contribution in [0.1, 0.15) is 94.6 Å². The van der Waals surface area contributed by atoms with Gasteiger partial charge in [-0.1, -0.05) is 62.2 Å². The molecule has 12 heteroatoms. The van der Waals surface area contributed by atoms with Gasteiger partial charge in [-0.05, 0) is 78.0 Å². The number of aliphatic hydroxyl groups is 1. The second-order valence-electron chi connectivity index (χ2n) is 14.8. The Hall–Kier alpha value is -3.54. The molecular weight excluding hydrogens is 674 g/mol. The Balaban J connectivity index is 0.000000765. The standard InChI is InChI=1S/C29H39ClN2O5.C7H13NO2.C3H6O.H2/c1-16-9-8-10-18(3)29(35)15-23(36-27(34)31-29)20(5)26-28(6,37-26)19(4)13-24(33)32(7)22-14-21(11-16)12-17(2)25(22)30;1-5(6(2)9)8(4)7(3)10;1-3(2)4;/h8-10,12,14,18-20,23,26,35H,11,13,15H2,1-7H3,(H,31,34);5H,1-4H3;1-2H3;1H/b10-8+,16-9-;;;/t18-,19+,20-,23+,26+,28-,29-;5-;;/m11../s1. The number of allylic oxidation sites excluding steroid dienone is 3. The third-order valence-electron chi connectivity index (χ3n) is 10.2. The van der Waals surface area contributed by atoms with E-state index in [1.165, 1.54) is 32.6 Å². The molecule has 8 atom stereocenters. The zero-order valence-corrected chi connectivity index (χ0v) is 33.3. The number of anilines is 1. The van der Waals surface area contributed by atoms with Crippen LogP contribution in [-0.2, 0) is 35.1 Å². The average molecular weight is 734 g/mol. The summed E-state index contributed by atoms with van der Waals surface area (Å²) in [6, 6.07) is 3.73. The van der Waals surface area contributed by atoms with E-state index >= 15 is 0 Å². The topological polar surface area (TPSA) is 146 Å². The van der Waals surface area contributed by atoms with Crippen molar-refractivity contribution in [3.63, 3.8) is 0 Å². The molecule has 11 nitrogen and oxygen atoms in total. The van der Waals surface area contributed by atoms with Crippen molar-refractivity contribution in [1.82, 2.24) is 10.2 Å². The van der Waals surface area contributed by atoms with Crippen LogP contribution in [0.5, 0.6) is 0 Å². The fraction of sp³-hybridized carbons (Fsp3) is 0.615. The number of likely N-dealkylation sites (N-methyl/N-ethyl adjacent to an activating group) is 1. The average Bonchev–Trinajstić information content (AvgIpc) is 3.72. The van der Waals surface area contributed by atoms with Gasteiger partial charge in [0.05, 0.1) is 28.5 Å². The quantitative estimate of drug-likeness (QED) is 0.324. The first-order valence-corrected chi connectivity index (χ1v) is 17.8. The van der Waals surface area contributed by atoms with Gasteiger partial charge in [-0.2, -0.15) is 0 Å². The Morgan fingerprint density at radius 3 is 2.24 bits per heavy atom. The number of carbonyl (C=O) groups excluding carboxylic acids is 5. The van der Waals surface area contributed by atoms with Crippen LogP contribution in [0.3, 0.4) is 0 Å². The molecule has 3 amide bonds. The molecule has 3 aliphatic heterocycles. The lowest BCUT2D eigenvalue weighted by Crippen LogP contribution is -2.60. The van der Waals surface area contributed by atoms with E-state index in [1.54, 1.807) is 25.9 Å². The van der Waals surface area contributed by atoms with Crippen LogP contribution in [0.2, 0.25) is 5.02 Å². The molecule has 0 spiro atoms. The number of ketones is 2. The molecule has 4 bridgehead atoms. The molecule has 286 valence electrons. The fourth-order valence-corrected chi connectivity index (χ4v) is 6.41. The summed E-state index contributed by atoms with van der Waals surface area (Å²) in [5, 5.41) is 14.6. The van der Waals surface area contributed by atoms with E-state index < -0.39 is 23.5 Å². The molecule has 3 heterocycles. The first-order valence-electron chi connectivity index (χ1n) is 17.4. The van der Waals surface area contributed by atoms with Crippen LogP contribution in [0.25, 0.3) is 0 Å². The molecule has 2 saturated heterocycles. The monoisotopic (exact) mass is 733 g/mol. The highest BCUT2D eigenvalue weighted by molar-refractivity contribution is 6.34. The van der Waals surface area contributed by atoms with E-state index in [2.05, 4.69) is 5.32 Å². The van der Waals surface area contributed by atoms with E-state index in [4.69, 9.17) is 21.1 Å². The van der Waals surface area contributed by atoms with E-state index in [1.807, 2.05) is 71.9 Å². The van der Waals surface area contributed by atoms with Crippen molar-refractivity contribution in [2.75, 3.05) is 19.0 Å². The van der Waals surface area contributed by atoms with Gasteiger partial charge in [-0.15, -0.1) is 0 Å². The molecule has 0 unspecified atom stereocenters. The van der Waals surface area contributed by atoms with Gasteiger partial charge in [0, 0.05) is 47.1 Å².